The molecule has 2 aliphatic heterocycles. The van der Waals surface area contributed by atoms with Crippen LogP contribution in [0.15, 0.2) is 83.4 Å². The first-order chi connectivity index (χ1) is 26.1. The molecule has 0 saturated carbocycles. The number of thiol groups is 1. The summed E-state index contributed by atoms with van der Waals surface area (Å²) in [5.41, 5.74) is 4.80. The van der Waals surface area contributed by atoms with Crippen LogP contribution in [-0.2, 0) is 39.7 Å². The minimum Gasteiger partial charge on any atom is -0.360 e. The molecule has 2 aromatic carbocycles. The molecule has 0 spiro atoms. The first kappa shape index (κ1) is 44.7. The van der Waals surface area contributed by atoms with E-state index in [9.17, 15) is 27.2 Å². The molecule has 2 aliphatic rings. The van der Waals surface area contributed by atoms with Gasteiger partial charge in [0, 0.05) is 53.9 Å². The summed E-state index contributed by atoms with van der Waals surface area (Å²) in [4.78, 5) is 30.8. The number of unbranched alkanes of at least 4 members (excludes halogenated alkanes) is 5. The van der Waals surface area contributed by atoms with E-state index < -0.39 is 29.1 Å². The molecular formula is C41H57N3O8PS2+. The van der Waals surface area contributed by atoms with Gasteiger partial charge in [-0.25, -0.2) is 0 Å². The first-order valence-electron chi connectivity index (χ1n) is 19.1. The van der Waals surface area contributed by atoms with Crippen LogP contribution in [0.3, 0.4) is 0 Å². The third-order valence-corrected chi connectivity index (χ3v) is 12.8. The van der Waals surface area contributed by atoms with Gasteiger partial charge in [-0.2, -0.15) is 13.0 Å². The second-order valence-corrected chi connectivity index (χ2v) is 18.4. The number of rotatable bonds is 22. The number of fused-ring (bicyclic) bond motifs is 2. The number of hydrogen-bond acceptors (Lipinski definition) is 9. The first-order valence-corrected chi connectivity index (χ1v) is 22.7. The summed E-state index contributed by atoms with van der Waals surface area (Å²) in [6.45, 7) is 16.1. The third kappa shape index (κ3) is 11.3. The summed E-state index contributed by atoms with van der Waals surface area (Å²) in [6.07, 6.45) is 16.2. The Hall–Kier alpha value is -3.03. The Morgan fingerprint density at radius 1 is 1.04 bits per heavy atom. The molecule has 0 aromatic heterocycles. The molecule has 0 amide bonds. The summed E-state index contributed by atoms with van der Waals surface area (Å²) in [7, 11) is -8.60. The van der Waals surface area contributed by atoms with Crippen LogP contribution >= 0.6 is 20.4 Å². The van der Waals surface area contributed by atoms with Gasteiger partial charge in [0.15, 0.2) is 5.71 Å². The third-order valence-electron chi connectivity index (χ3n) is 10.5. The molecule has 4 rings (SSSR count). The fourth-order valence-corrected chi connectivity index (χ4v) is 9.37. The maximum Gasteiger partial charge on any atom is 0.328 e. The number of benzene rings is 2. The maximum absolute atomic E-state index is 13.3. The smallest absolute Gasteiger partial charge is 0.328 e. The normalized spacial score (nSPS) is 19.8. The van der Waals surface area contributed by atoms with E-state index in [2.05, 4.69) is 78.2 Å². The fourth-order valence-electron chi connectivity index (χ4n) is 7.49. The Bertz CT molecular complexity index is 1940. The Balaban J connectivity index is 1.62. The van der Waals surface area contributed by atoms with Gasteiger partial charge in [-0.3, -0.25) is 13.9 Å². The average molecular weight is 815 g/mol. The highest BCUT2D eigenvalue weighted by Crippen LogP contribution is 2.54. The van der Waals surface area contributed by atoms with E-state index >= 15 is 0 Å². The zero-order valence-corrected chi connectivity index (χ0v) is 35.1. The number of carbonyl (C=O) groups is 1. The van der Waals surface area contributed by atoms with Crippen molar-refractivity contribution in [1.82, 2.24) is 4.89 Å². The molecule has 11 nitrogen and oxygen atoms in total. The summed E-state index contributed by atoms with van der Waals surface area (Å²) in [5.74, 6) is -0.451. The predicted octanol–water partition coefficient (Wildman–Crippen LogP) is 8.81. The minimum atomic E-state index is -4.52. The van der Waals surface area contributed by atoms with Gasteiger partial charge in [0.05, 0.1) is 23.1 Å². The van der Waals surface area contributed by atoms with Crippen molar-refractivity contribution in [2.24, 2.45) is 0 Å². The van der Waals surface area contributed by atoms with Crippen molar-refractivity contribution in [3.05, 3.63) is 96.6 Å². The monoisotopic (exact) mass is 814 g/mol. The van der Waals surface area contributed by atoms with E-state index in [-0.39, 0.29) is 35.9 Å². The molecule has 2 heterocycles. The molecule has 55 heavy (non-hydrogen) atoms. The molecule has 0 fully saturated rings. The van der Waals surface area contributed by atoms with E-state index in [1.54, 1.807) is 6.07 Å². The Morgan fingerprint density at radius 3 is 2.51 bits per heavy atom. The molecule has 0 bridgehead atoms. The van der Waals surface area contributed by atoms with Crippen LogP contribution in [0.25, 0.3) is 0 Å². The van der Waals surface area contributed by atoms with E-state index in [0.29, 0.717) is 44.2 Å². The zero-order chi connectivity index (χ0) is 40.3. The SMILES string of the molecule is [CH]CCCN1\C(=C/C=C/C=C/C2=[N+](CCCCC)c3ccccc3C2(C)C)C(C)(CCP(=O)(O)OCCCCCC(=O)ONS)c2cc(S(=O)(=O)O)ccc21. The molecule has 14 heteroatoms. The molecule has 2 radical (unpaired) electrons. The predicted molar refractivity (Wildman–Crippen MR) is 222 cm³/mol. The zero-order valence-electron chi connectivity index (χ0n) is 32.4. The van der Waals surface area contributed by atoms with Gasteiger partial charge < -0.3 is 19.2 Å². The second-order valence-electron chi connectivity index (χ2n) is 14.8. The lowest BCUT2D eigenvalue weighted by atomic mass is 9.79. The van der Waals surface area contributed by atoms with E-state index in [1.165, 1.54) is 29.1 Å². The number of allylic oxidation sites excluding steroid dienone is 6. The molecule has 300 valence electrons. The van der Waals surface area contributed by atoms with Crippen molar-refractivity contribution >= 4 is 53.6 Å². The van der Waals surface area contributed by atoms with Gasteiger partial charge in [0.2, 0.25) is 5.69 Å². The molecule has 0 aliphatic carbocycles. The van der Waals surface area contributed by atoms with Gasteiger partial charge in [0.1, 0.15) is 6.54 Å². The van der Waals surface area contributed by atoms with E-state index in [1.807, 2.05) is 36.1 Å². The van der Waals surface area contributed by atoms with Gasteiger partial charge in [-0.1, -0.05) is 73.9 Å². The Labute approximate surface area is 333 Å². The van der Waals surface area contributed by atoms with Crippen LogP contribution in [0.2, 0.25) is 0 Å². The molecule has 2 atom stereocenters. The largest absolute Gasteiger partial charge is 0.360 e. The molecule has 3 N–H and O–H groups in total. The van der Waals surface area contributed by atoms with E-state index in [4.69, 9.17) is 11.4 Å². The summed E-state index contributed by atoms with van der Waals surface area (Å²) in [6, 6.07) is 13.0. The lowest BCUT2D eigenvalue weighted by molar-refractivity contribution is -0.438. The number of hydrogen-bond donors (Lipinski definition) is 4. The highest BCUT2D eigenvalue weighted by atomic mass is 32.2. The Morgan fingerprint density at radius 2 is 1.80 bits per heavy atom. The van der Waals surface area contributed by atoms with Crippen LogP contribution in [0.5, 0.6) is 0 Å². The molecular weight excluding hydrogens is 758 g/mol. The van der Waals surface area contributed by atoms with Crippen LogP contribution < -0.4 is 9.79 Å². The second kappa shape index (κ2) is 19.9. The quantitative estimate of drug-likeness (QED) is 0.0173. The van der Waals surface area contributed by atoms with Crippen molar-refractivity contribution in [1.29, 1.82) is 0 Å². The van der Waals surface area contributed by atoms with Crippen molar-refractivity contribution in [2.75, 3.05) is 30.8 Å². The fraction of sp³-hybridized carbons (Fsp3) is 0.488. The van der Waals surface area contributed by atoms with Crippen molar-refractivity contribution in [3.8, 4) is 0 Å². The van der Waals surface area contributed by atoms with Gasteiger partial charge in [-0.15, -0.1) is 0 Å². The summed E-state index contributed by atoms with van der Waals surface area (Å²) in [5, 5.41) is 0. The number of nitrogens with one attached hydrogen (secondary N) is 1. The minimum absolute atomic E-state index is 0.0329. The van der Waals surface area contributed by atoms with Gasteiger partial charge >= 0.3 is 13.6 Å². The summed E-state index contributed by atoms with van der Waals surface area (Å²) >= 11 is 3.62. The lowest BCUT2D eigenvalue weighted by Crippen LogP contribution is -2.30. The number of anilines is 1. The maximum atomic E-state index is 13.3. The molecule has 0 saturated heterocycles. The average Bonchev–Trinajstić information content (AvgIpc) is 3.50. The van der Waals surface area contributed by atoms with Crippen LogP contribution in [0, 0.1) is 6.92 Å². The highest BCUT2D eigenvalue weighted by Gasteiger charge is 2.45. The van der Waals surface area contributed by atoms with Crippen LogP contribution in [0.1, 0.15) is 103 Å². The van der Waals surface area contributed by atoms with Crippen molar-refractivity contribution in [2.45, 2.75) is 108 Å². The van der Waals surface area contributed by atoms with Gasteiger partial charge in [0.25, 0.3) is 10.1 Å². The number of nitrogens with zero attached hydrogens (tertiary/aromatic N) is 2. The lowest BCUT2D eigenvalue weighted by Gasteiger charge is -2.31. The summed E-state index contributed by atoms with van der Waals surface area (Å²) < 4.78 is 55.8. The molecule has 2 unspecified atom stereocenters. The van der Waals surface area contributed by atoms with Crippen molar-refractivity contribution in [3.63, 3.8) is 0 Å². The molecule has 2 aromatic rings. The highest BCUT2D eigenvalue weighted by molar-refractivity contribution is 7.85. The van der Waals surface area contributed by atoms with Gasteiger partial charge in [-0.05, 0) is 96.1 Å². The Kier molecular flexibility index (Phi) is 16.2. The van der Waals surface area contributed by atoms with Crippen LogP contribution in [0.4, 0.5) is 11.4 Å². The number of para-hydroxylation sites is 1. The number of carbonyl (C=O) groups excluding carboxylic acids is 1. The van der Waals surface area contributed by atoms with Crippen LogP contribution in [-0.4, -0.2) is 60.0 Å². The topological polar surface area (TPSA) is 145 Å². The van der Waals surface area contributed by atoms with E-state index in [0.717, 1.165) is 37.2 Å². The van der Waals surface area contributed by atoms with Crippen molar-refractivity contribution < 1.29 is 41.2 Å². The standard InChI is InChI=1S/C41H56N3O8PS2/c1-6-8-17-28-43-35-20-16-15-19-33(35)40(3,4)37(43)21-12-10-13-22-38-41(5,26-30-53(46,47)51-29-18-11-14-23-39(45)52-42-54)34-31-32(55(48,49)50)24-25-36(34)44(38)27-9-7-2/h2,10,12-13,15-16,19-22,24-25,31,42,54H,6-9,11,14,17-18,23,26-30H2,1,3-5H3,(H-,46,47,48,49,50)/p+1.